The summed E-state index contributed by atoms with van der Waals surface area (Å²) < 4.78 is 5.31. The van der Waals surface area contributed by atoms with Crippen molar-refractivity contribution in [2.45, 2.75) is 0 Å². The monoisotopic (exact) mass is 270 g/mol. The molecule has 3 rings (SSSR count). The van der Waals surface area contributed by atoms with Gasteiger partial charge in [-0.1, -0.05) is 18.2 Å². The van der Waals surface area contributed by atoms with Crippen LogP contribution in [-0.2, 0) is 4.79 Å². The van der Waals surface area contributed by atoms with Gasteiger partial charge in [-0.2, -0.15) is 0 Å². The first kappa shape index (κ1) is 12.2. The van der Waals surface area contributed by atoms with Gasteiger partial charge in [0, 0.05) is 17.8 Å². The van der Waals surface area contributed by atoms with Crippen LogP contribution in [0.5, 0.6) is 5.75 Å². The molecule has 1 heterocycles. The number of ether oxygens (including phenoxy) is 1. The molecule has 0 fully saturated rings. The lowest BCUT2D eigenvalue weighted by atomic mass is 10.2. The summed E-state index contributed by atoms with van der Waals surface area (Å²) in [6, 6.07) is 13.2. The number of amides is 1. The molecular formula is C14H10N2O4. The number of fused-ring (bicyclic) bond motifs is 1. The average molecular weight is 270 g/mol. The molecule has 0 saturated heterocycles. The van der Waals surface area contributed by atoms with E-state index in [0.717, 1.165) is 0 Å². The van der Waals surface area contributed by atoms with E-state index in [4.69, 9.17) is 4.74 Å². The second kappa shape index (κ2) is 4.65. The highest BCUT2D eigenvalue weighted by atomic mass is 16.6. The third-order valence-corrected chi connectivity index (χ3v) is 3.01. The van der Waals surface area contributed by atoms with Gasteiger partial charge in [0.15, 0.2) is 6.61 Å². The van der Waals surface area contributed by atoms with Crippen molar-refractivity contribution in [2.75, 3.05) is 11.5 Å². The van der Waals surface area contributed by atoms with Crippen molar-refractivity contribution < 1.29 is 14.5 Å². The zero-order valence-electron chi connectivity index (χ0n) is 10.4. The van der Waals surface area contributed by atoms with Gasteiger partial charge in [-0.15, -0.1) is 0 Å². The van der Waals surface area contributed by atoms with Gasteiger partial charge in [0.05, 0.1) is 10.6 Å². The molecule has 1 amide bonds. The van der Waals surface area contributed by atoms with Crippen LogP contribution in [0.2, 0.25) is 0 Å². The molecule has 0 N–H and O–H groups in total. The number of non-ortho nitro benzene ring substituents is 1. The van der Waals surface area contributed by atoms with Crippen LogP contribution < -0.4 is 9.64 Å². The molecule has 1 aliphatic heterocycles. The zero-order valence-corrected chi connectivity index (χ0v) is 10.4. The van der Waals surface area contributed by atoms with Gasteiger partial charge >= 0.3 is 0 Å². The first-order chi connectivity index (χ1) is 9.66. The minimum atomic E-state index is -0.497. The number of hydrogen-bond acceptors (Lipinski definition) is 4. The van der Waals surface area contributed by atoms with E-state index in [1.165, 1.54) is 23.1 Å². The van der Waals surface area contributed by atoms with E-state index in [0.29, 0.717) is 17.1 Å². The van der Waals surface area contributed by atoms with Crippen LogP contribution >= 0.6 is 0 Å². The number of benzene rings is 2. The van der Waals surface area contributed by atoms with E-state index < -0.39 is 4.92 Å². The van der Waals surface area contributed by atoms with Crippen LogP contribution in [-0.4, -0.2) is 17.4 Å². The maximum Gasteiger partial charge on any atom is 0.271 e. The van der Waals surface area contributed by atoms with Crippen molar-refractivity contribution in [1.82, 2.24) is 0 Å². The quantitative estimate of drug-likeness (QED) is 0.621. The molecule has 0 aliphatic carbocycles. The van der Waals surface area contributed by atoms with E-state index in [9.17, 15) is 14.9 Å². The normalized spacial score (nSPS) is 13.6. The third-order valence-electron chi connectivity index (χ3n) is 3.01. The molecule has 6 nitrogen and oxygen atoms in total. The number of para-hydroxylation sites is 1. The van der Waals surface area contributed by atoms with E-state index in [2.05, 4.69) is 0 Å². The summed E-state index contributed by atoms with van der Waals surface area (Å²) in [5.41, 5.74) is 0.965. The topological polar surface area (TPSA) is 72.7 Å². The highest BCUT2D eigenvalue weighted by molar-refractivity contribution is 6.04. The second-order valence-corrected chi connectivity index (χ2v) is 4.26. The molecule has 0 radical (unpaired) electrons. The first-order valence-corrected chi connectivity index (χ1v) is 5.96. The number of carbonyl (C=O) groups is 1. The Morgan fingerprint density at radius 2 is 1.90 bits per heavy atom. The van der Waals surface area contributed by atoms with Gasteiger partial charge in [-0.25, -0.2) is 0 Å². The first-order valence-electron chi connectivity index (χ1n) is 5.96. The standard InChI is InChI=1S/C14H10N2O4/c17-14-9-20-13-7-6-11(16(18)19)8-12(13)15(14)10-4-2-1-3-5-10/h1-8H,9H2. The summed E-state index contributed by atoms with van der Waals surface area (Å²) in [6.07, 6.45) is 0. The lowest BCUT2D eigenvalue weighted by molar-refractivity contribution is -0.384. The Morgan fingerprint density at radius 1 is 1.15 bits per heavy atom. The summed E-state index contributed by atoms with van der Waals surface area (Å²) in [5, 5.41) is 10.9. The van der Waals surface area contributed by atoms with Gasteiger partial charge in [0.2, 0.25) is 0 Å². The largest absolute Gasteiger partial charge is 0.482 e. The SMILES string of the molecule is O=C1COc2ccc([N+](=O)[O-])cc2N1c1ccccc1. The van der Waals surface area contributed by atoms with Gasteiger partial charge in [0.1, 0.15) is 5.75 Å². The smallest absolute Gasteiger partial charge is 0.271 e. The molecule has 2 aromatic rings. The van der Waals surface area contributed by atoms with Crippen molar-refractivity contribution in [3.8, 4) is 5.75 Å². The Bertz CT molecular complexity index is 685. The van der Waals surface area contributed by atoms with E-state index in [1.54, 1.807) is 24.3 Å². The fourth-order valence-electron chi connectivity index (χ4n) is 2.11. The molecule has 0 saturated carbocycles. The van der Waals surface area contributed by atoms with Crippen LogP contribution in [0.15, 0.2) is 48.5 Å². The van der Waals surface area contributed by atoms with Crippen molar-refractivity contribution in [1.29, 1.82) is 0 Å². The van der Waals surface area contributed by atoms with E-state index in [1.807, 2.05) is 6.07 Å². The number of nitro benzene ring substituents is 1. The number of anilines is 2. The molecule has 0 atom stereocenters. The van der Waals surface area contributed by atoms with Crippen molar-refractivity contribution >= 4 is 23.0 Å². The van der Waals surface area contributed by atoms with Gasteiger partial charge in [-0.3, -0.25) is 19.8 Å². The minimum absolute atomic E-state index is 0.0806. The molecule has 0 bridgehead atoms. The summed E-state index contributed by atoms with van der Waals surface area (Å²) in [6.45, 7) is -0.0836. The lowest BCUT2D eigenvalue weighted by Gasteiger charge is -2.29. The number of rotatable bonds is 2. The number of nitrogens with zero attached hydrogens (tertiary/aromatic N) is 2. The van der Waals surface area contributed by atoms with E-state index >= 15 is 0 Å². The molecule has 100 valence electrons. The van der Waals surface area contributed by atoms with Crippen molar-refractivity contribution in [3.05, 3.63) is 58.6 Å². The predicted molar refractivity (Wildman–Crippen MR) is 72.2 cm³/mol. The van der Waals surface area contributed by atoms with E-state index in [-0.39, 0.29) is 18.2 Å². The molecule has 20 heavy (non-hydrogen) atoms. The maximum atomic E-state index is 12.1. The number of carbonyl (C=O) groups excluding carboxylic acids is 1. The Balaban J connectivity index is 2.15. The third kappa shape index (κ3) is 1.97. The zero-order chi connectivity index (χ0) is 14.1. The minimum Gasteiger partial charge on any atom is -0.482 e. The number of nitro groups is 1. The molecule has 6 heteroatoms. The average Bonchev–Trinajstić information content (AvgIpc) is 2.47. The molecule has 0 unspecified atom stereocenters. The Kier molecular flexibility index (Phi) is 2.83. The molecule has 2 aromatic carbocycles. The fraction of sp³-hybridized carbons (Fsp3) is 0.0714. The Labute approximate surface area is 114 Å². The second-order valence-electron chi connectivity index (χ2n) is 4.26. The van der Waals surface area contributed by atoms with Gasteiger partial charge in [-0.05, 0) is 18.2 Å². The van der Waals surface area contributed by atoms with Crippen LogP contribution in [0, 0.1) is 10.1 Å². The van der Waals surface area contributed by atoms with Gasteiger partial charge < -0.3 is 4.74 Å². The fourth-order valence-corrected chi connectivity index (χ4v) is 2.11. The maximum absolute atomic E-state index is 12.1. The lowest BCUT2D eigenvalue weighted by Crippen LogP contribution is -2.35. The summed E-state index contributed by atoms with van der Waals surface area (Å²) in [7, 11) is 0. The van der Waals surface area contributed by atoms with Gasteiger partial charge in [0.25, 0.3) is 11.6 Å². The summed E-state index contributed by atoms with van der Waals surface area (Å²) >= 11 is 0. The summed E-state index contributed by atoms with van der Waals surface area (Å²) in [5.74, 6) is 0.197. The summed E-state index contributed by atoms with van der Waals surface area (Å²) in [4.78, 5) is 23.9. The van der Waals surface area contributed by atoms with Crippen LogP contribution in [0.25, 0.3) is 0 Å². The number of hydrogen-bond donors (Lipinski definition) is 0. The molecule has 0 aromatic heterocycles. The van der Waals surface area contributed by atoms with Crippen LogP contribution in [0.4, 0.5) is 17.1 Å². The van der Waals surface area contributed by atoms with Crippen molar-refractivity contribution in [3.63, 3.8) is 0 Å². The molecule has 0 spiro atoms. The molecule has 1 aliphatic rings. The highest BCUT2D eigenvalue weighted by Crippen LogP contribution is 2.39. The Hall–Kier alpha value is -2.89. The molecular weight excluding hydrogens is 260 g/mol. The predicted octanol–water partition coefficient (Wildman–Crippen LogP) is 2.65. The van der Waals surface area contributed by atoms with Crippen LogP contribution in [0.1, 0.15) is 0 Å². The van der Waals surface area contributed by atoms with Crippen molar-refractivity contribution in [2.24, 2.45) is 0 Å². The Morgan fingerprint density at radius 3 is 2.60 bits per heavy atom. The van der Waals surface area contributed by atoms with Crippen LogP contribution in [0.3, 0.4) is 0 Å². The highest BCUT2D eigenvalue weighted by Gasteiger charge is 2.28.